The van der Waals surface area contributed by atoms with Crippen LogP contribution in [0.5, 0.6) is 0 Å². The number of urea groups is 1. The van der Waals surface area contributed by atoms with Gasteiger partial charge in [0.05, 0.1) is 11.8 Å². The van der Waals surface area contributed by atoms with Crippen LogP contribution in [-0.4, -0.2) is 53.8 Å². The summed E-state index contributed by atoms with van der Waals surface area (Å²) < 4.78 is 0. The number of thioether (sulfide) groups is 1. The zero-order valence-corrected chi connectivity index (χ0v) is 15.3. The van der Waals surface area contributed by atoms with Gasteiger partial charge in [-0.15, -0.1) is 11.8 Å². The molecule has 1 aliphatic heterocycles. The van der Waals surface area contributed by atoms with Gasteiger partial charge in [-0.2, -0.15) is 5.26 Å². The maximum absolute atomic E-state index is 12.5. The van der Waals surface area contributed by atoms with Gasteiger partial charge < -0.3 is 10.2 Å². The van der Waals surface area contributed by atoms with Gasteiger partial charge in [-0.05, 0) is 25.1 Å². The average Bonchev–Trinajstić information content (AvgIpc) is 2.58. The molecular weight excluding hydrogens is 320 g/mol. The standard InChI is InChI=1S/C18H26N4OS/c1-3-10-21-11-13-22(14-12-21)18(23)20-16-6-4-5-7-17(16)24-15(2)8-9-19/h4-7,15H,3,8,10-14H2,1-2H3,(H,20,23)/t15-/m1/s1. The number of anilines is 1. The minimum Gasteiger partial charge on any atom is -0.322 e. The molecule has 1 heterocycles. The normalized spacial score (nSPS) is 16.5. The molecule has 5 nitrogen and oxygen atoms in total. The van der Waals surface area contributed by atoms with Gasteiger partial charge >= 0.3 is 6.03 Å². The van der Waals surface area contributed by atoms with Crippen LogP contribution in [0, 0.1) is 11.3 Å². The second-order valence-corrected chi connectivity index (χ2v) is 7.53. The van der Waals surface area contributed by atoms with Gasteiger partial charge in [0.2, 0.25) is 0 Å². The molecule has 0 saturated carbocycles. The third-order valence-corrected chi connectivity index (χ3v) is 5.21. The number of carbonyl (C=O) groups excluding carboxylic acids is 1. The van der Waals surface area contributed by atoms with Crippen molar-refractivity contribution < 1.29 is 4.79 Å². The summed E-state index contributed by atoms with van der Waals surface area (Å²) in [7, 11) is 0. The van der Waals surface area contributed by atoms with Crippen molar-refractivity contribution in [2.24, 2.45) is 0 Å². The highest BCUT2D eigenvalue weighted by Crippen LogP contribution is 2.31. The van der Waals surface area contributed by atoms with Crippen LogP contribution in [0.15, 0.2) is 29.2 Å². The third-order valence-electron chi connectivity index (χ3n) is 4.03. The Balaban J connectivity index is 1.93. The zero-order chi connectivity index (χ0) is 17.4. The van der Waals surface area contributed by atoms with Crippen LogP contribution in [0.25, 0.3) is 0 Å². The highest BCUT2D eigenvalue weighted by molar-refractivity contribution is 8.00. The Morgan fingerprint density at radius 2 is 2.04 bits per heavy atom. The van der Waals surface area contributed by atoms with Crippen molar-refractivity contribution in [1.29, 1.82) is 5.26 Å². The van der Waals surface area contributed by atoms with Crippen molar-refractivity contribution in [1.82, 2.24) is 9.80 Å². The summed E-state index contributed by atoms with van der Waals surface area (Å²) in [4.78, 5) is 17.8. The number of benzene rings is 1. The van der Waals surface area contributed by atoms with Gasteiger partial charge in [-0.3, -0.25) is 4.90 Å². The van der Waals surface area contributed by atoms with Gasteiger partial charge in [0.1, 0.15) is 0 Å². The van der Waals surface area contributed by atoms with Crippen LogP contribution in [0.4, 0.5) is 10.5 Å². The van der Waals surface area contributed by atoms with E-state index in [-0.39, 0.29) is 11.3 Å². The lowest BCUT2D eigenvalue weighted by Crippen LogP contribution is -2.50. The summed E-state index contributed by atoms with van der Waals surface area (Å²) in [5, 5.41) is 12.1. The molecule has 1 fully saturated rings. The van der Waals surface area contributed by atoms with Crippen LogP contribution < -0.4 is 5.32 Å². The number of amides is 2. The molecule has 130 valence electrons. The highest BCUT2D eigenvalue weighted by atomic mass is 32.2. The molecule has 2 rings (SSSR count). The second kappa shape index (κ2) is 9.55. The van der Waals surface area contributed by atoms with Gasteiger partial charge in [0.25, 0.3) is 0 Å². The molecule has 1 aromatic rings. The van der Waals surface area contributed by atoms with E-state index < -0.39 is 0 Å². The fourth-order valence-corrected chi connectivity index (χ4v) is 3.74. The highest BCUT2D eigenvalue weighted by Gasteiger charge is 2.21. The van der Waals surface area contributed by atoms with Crippen LogP contribution >= 0.6 is 11.8 Å². The van der Waals surface area contributed by atoms with E-state index in [0.29, 0.717) is 6.42 Å². The van der Waals surface area contributed by atoms with Crippen molar-refractivity contribution >= 4 is 23.5 Å². The molecule has 0 bridgehead atoms. The molecule has 0 aliphatic carbocycles. The molecule has 24 heavy (non-hydrogen) atoms. The van der Waals surface area contributed by atoms with Crippen molar-refractivity contribution in [2.75, 3.05) is 38.0 Å². The quantitative estimate of drug-likeness (QED) is 0.799. The maximum Gasteiger partial charge on any atom is 0.321 e. The Labute approximate surface area is 149 Å². The monoisotopic (exact) mass is 346 g/mol. The average molecular weight is 347 g/mol. The lowest BCUT2D eigenvalue weighted by molar-refractivity contribution is 0.147. The first-order valence-electron chi connectivity index (χ1n) is 8.55. The van der Waals surface area contributed by atoms with Gasteiger partial charge in [-0.1, -0.05) is 26.0 Å². The zero-order valence-electron chi connectivity index (χ0n) is 14.5. The van der Waals surface area contributed by atoms with E-state index in [1.165, 1.54) is 0 Å². The molecule has 0 spiro atoms. The van der Waals surface area contributed by atoms with E-state index in [4.69, 9.17) is 5.26 Å². The van der Waals surface area contributed by atoms with Gasteiger partial charge in [-0.25, -0.2) is 4.79 Å². The Kier molecular flexibility index (Phi) is 7.41. The van der Waals surface area contributed by atoms with E-state index in [1.54, 1.807) is 11.8 Å². The number of nitriles is 1. The smallest absolute Gasteiger partial charge is 0.321 e. The Morgan fingerprint density at radius 1 is 1.33 bits per heavy atom. The molecule has 1 N–H and O–H groups in total. The second-order valence-electron chi connectivity index (χ2n) is 6.05. The van der Waals surface area contributed by atoms with Crippen molar-refractivity contribution in [3.8, 4) is 6.07 Å². The van der Waals surface area contributed by atoms with Crippen LogP contribution in [0.3, 0.4) is 0 Å². The number of hydrogen-bond donors (Lipinski definition) is 1. The first-order chi connectivity index (χ1) is 11.6. The third kappa shape index (κ3) is 5.43. The van der Waals surface area contributed by atoms with E-state index in [1.807, 2.05) is 36.1 Å². The van der Waals surface area contributed by atoms with Crippen LogP contribution in [-0.2, 0) is 0 Å². The van der Waals surface area contributed by atoms with Crippen LogP contribution in [0.2, 0.25) is 0 Å². The van der Waals surface area contributed by atoms with Gasteiger partial charge in [0, 0.05) is 42.7 Å². The SMILES string of the molecule is CCCN1CCN(C(=O)Nc2ccccc2S[C@H](C)CC#N)CC1. The molecular formula is C18H26N4OS. The number of nitrogens with zero attached hydrogens (tertiary/aromatic N) is 3. The van der Waals surface area contributed by atoms with E-state index in [2.05, 4.69) is 23.2 Å². The summed E-state index contributed by atoms with van der Waals surface area (Å²) in [6, 6.07) is 9.96. The fourth-order valence-electron chi connectivity index (χ4n) is 2.74. The van der Waals surface area contributed by atoms with E-state index in [9.17, 15) is 4.79 Å². The molecule has 1 aliphatic rings. The first kappa shape index (κ1) is 18.6. The molecule has 0 aromatic heterocycles. The van der Waals surface area contributed by atoms with E-state index in [0.717, 1.165) is 49.7 Å². The lowest BCUT2D eigenvalue weighted by Gasteiger charge is -2.34. The number of para-hydroxylation sites is 1. The Morgan fingerprint density at radius 3 is 2.71 bits per heavy atom. The largest absolute Gasteiger partial charge is 0.322 e. The Hall–Kier alpha value is -1.71. The summed E-state index contributed by atoms with van der Waals surface area (Å²) in [6.07, 6.45) is 1.64. The molecule has 0 radical (unpaired) electrons. The summed E-state index contributed by atoms with van der Waals surface area (Å²) in [5.74, 6) is 0. The molecule has 6 heteroatoms. The number of rotatable bonds is 6. The van der Waals surface area contributed by atoms with E-state index >= 15 is 0 Å². The van der Waals surface area contributed by atoms with Crippen molar-refractivity contribution in [3.63, 3.8) is 0 Å². The van der Waals surface area contributed by atoms with Crippen LogP contribution in [0.1, 0.15) is 26.7 Å². The molecule has 1 aromatic carbocycles. The number of carbonyl (C=O) groups is 1. The first-order valence-corrected chi connectivity index (χ1v) is 9.43. The molecule has 1 saturated heterocycles. The summed E-state index contributed by atoms with van der Waals surface area (Å²) >= 11 is 1.63. The van der Waals surface area contributed by atoms with Gasteiger partial charge in [0.15, 0.2) is 0 Å². The van der Waals surface area contributed by atoms with Crippen molar-refractivity contribution in [2.45, 2.75) is 36.8 Å². The maximum atomic E-state index is 12.5. The number of piperazine rings is 1. The number of hydrogen-bond acceptors (Lipinski definition) is 4. The minimum absolute atomic E-state index is 0.0351. The predicted molar refractivity (Wildman–Crippen MR) is 99.3 cm³/mol. The number of nitrogens with one attached hydrogen (secondary N) is 1. The molecule has 0 unspecified atom stereocenters. The lowest BCUT2D eigenvalue weighted by atomic mass is 10.3. The minimum atomic E-state index is -0.0351. The summed E-state index contributed by atoms with van der Waals surface area (Å²) in [6.45, 7) is 8.73. The predicted octanol–water partition coefficient (Wildman–Crippen LogP) is 3.64. The molecule has 2 amide bonds. The molecule has 1 atom stereocenters. The van der Waals surface area contributed by atoms with Crippen molar-refractivity contribution in [3.05, 3.63) is 24.3 Å². The Bertz CT molecular complexity index is 579. The fraction of sp³-hybridized carbons (Fsp3) is 0.556. The summed E-state index contributed by atoms with van der Waals surface area (Å²) in [5.41, 5.74) is 0.827. The topological polar surface area (TPSA) is 59.4 Å².